The second-order valence-corrected chi connectivity index (χ2v) is 6.34. The summed E-state index contributed by atoms with van der Waals surface area (Å²) in [6, 6.07) is 5.67. The van der Waals surface area contributed by atoms with Gasteiger partial charge in [-0.3, -0.25) is 4.79 Å². The summed E-state index contributed by atoms with van der Waals surface area (Å²) in [5, 5.41) is 15.8. The lowest BCUT2D eigenvalue weighted by atomic mass is 10.0. The molecule has 23 heavy (non-hydrogen) atoms. The zero-order valence-electron chi connectivity index (χ0n) is 13.6. The van der Waals surface area contributed by atoms with Crippen molar-refractivity contribution in [3.63, 3.8) is 0 Å². The first-order valence-electron chi connectivity index (χ1n) is 8.05. The van der Waals surface area contributed by atoms with Crippen molar-refractivity contribution < 1.29 is 19.0 Å². The molecule has 1 saturated heterocycles. The van der Waals surface area contributed by atoms with Gasteiger partial charge in [0.15, 0.2) is 6.29 Å². The van der Waals surface area contributed by atoms with Gasteiger partial charge < -0.3 is 20.5 Å². The molecular weight excluding hydrogens is 299 g/mol. The number of nitrogens with one attached hydrogen (secondary N) is 2. The fourth-order valence-electron chi connectivity index (χ4n) is 2.74. The highest BCUT2D eigenvalue weighted by Gasteiger charge is 2.27. The average Bonchev–Trinajstić information content (AvgIpc) is 2.90. The van der Waals surface area contributed by atoms with Gasteiger partial charge in [0.1, 0.15) is 5.82 Å². The minimum Gasteiger partial charge on any atom is -0.367 e. The molecule has 1 aliphatic heterocycles. The second-order valence-electron chi connectivity index (χ2n) is 6.34. The molecule has 5 nitrogen and oxygen atoms in total. The molecule has 3 N–H and O–H groups in total. The van der Waals surface area contributed by atoms with E-state index in [1.54, 1.807) is 12.1 Å². The summed E-state index contributed by atoms with van der Waals surface area (Å²) in [5.41, 5.74) is 0.0468. The molecule has 1 heterocycles. The molecule has 1 aromatic rings. The molecule has 128 valence electrons. The molecule has 0 saturated carbocycles. The van der Waals surface area contributed by atoms with Crippen molar-refractivity contribution in [1.82, 2.24) is 10.6 Å². The van der Waals surface area contributed by atoms with Crippen molar-refractivity contribution in [2.75, 3.05) is 13.2 Å². The van der Waals surface area contributed by atoms with E-state index in [0.29, 0.717) is 19.1 Å². The Balaban J connectivity index is 1.95. The van der Waals surface area contributed by atoms with E-state index in [4.69, 9.17) is 4.74 Å². The Bertz CT molecular complexity index is 524. The van der Waals surface area contributed by atoms with Gasteiger partial charge in [-0.25, -0.2) is 4.39 Å². The smallest absolute Gasteiger partial charge is 0.254 e. The number of benzene rings is 1. The van der Waals surface area contributed by atoms with Gasteiger partial charge in [-0.2, -0.15) is 0 Å². The molecule has 2 rings (SSSR count). The quantitative estimate of drug-likeness (QED) is 0.713. The second kappa shape index (κ2) is 8.38. The summed E-state index contributed by atoms with van der Waals surface area (Å²) in [6.07, 6.45) is 0.685. The summed E-state index contributed by atoms with van der Waals surface area (Å²) in [4.78, 5) is 12.3. The van der Waals surface area contributed by atoms with Gasteiger partial charge in [-0.15, -0.1) is 0 Å². The maximum atomic E-state index is 13.7. The average molecular weight is 324 g/mol. The SMILES string of the molecule is CC(C)C[C@H](CN[C@H]1CCOC1O)NC(=O)c1ccccc1F. The molecule has 3 atom stereocenters. The summed E-state index contributed by atoms with van der Waals surface area (Å²) >= 11 is 0. The highest BCUT2D eigenvalue weighted by Crippen LogP contribution is 2.12. The molecule has 1 aliphatic rings. The van der Waals surface area contributed by atoms with Crippen LogP contribution in [0, 0.1) is 11.7 Å². The number of hydrogen-bond donors (Lipinski definition) is 3. The number of hydrogen-bond acceptors (Lipinski definition) is 4. The summed E-state index contributed by atoms with van der Waals surface area (Å²) in [7, 11) is 0. The zero-order valence-corrected chi connectivity index (χ0v) is 13.6. The number of ether oxygens (including phenoxy) is 1. The maximum Gasteiger partial charge on any atom is 0.254 e. The van der Waals surface area contributed by atoms with E-state index in [-0.39, 0.29) is 17.6 Å². The van der Waals surface area contributed by atoms with E-state index in [2.05, 4.69) is 24.5 Å². The number of aliphatic hydroxyl groups excluding tert-OH is 1. The Morgan fingerprint density at radius 2 is 2.17 bits per heavy atom. The molecule has 1 aromatic carbocycles. The lowest BCUT2D eigenvalue weighted by molar-refractivity contribution is -0.0718. The van der Waals surface area contributed by atoms with Crippen LogP contribution < -0.4 is 10.6 Å². The maximum absolute atomic E-state index is 13.7. The van der Waals surface area contributed by atoms with E-state index < -0.39 is 18.0 Å². The lowest BCUT2D eigenvalue weighted by Crippen LogP contribution is -2.47. The zero-order chi connectivity index (χ0) is 16.8. The molecule has 1 unspecified atom stereocenters. The van der Waals surface area contributed by atoms with E-state index in [9.17, 15) is 14.3 Å². The van der Waals surface area contributed by atoms with Crippen LogP contribution in [0.25, 0.3) is 0 Å². The normalized spacial score (nSPS) is 22.3. The minimum atomic E-state index is -0.808. The van der Waals surface area contributed by atoms with Crippen molar-refractivity contribution in [3.05, 3.63) is 35.6 Å². The highest BCUT2D eigenvalue weighted by molar-refractivity contribution is 5.94. The Kier molecular flexibility index (Phi) is 6.50. The highest BCUT2D eigenvalue weighted by atomic mass is 19.1. The fourth-order valence-corrected chi connectivity index (χ4v) is 2.74. The Morgan fingerprint density at radius 3 is 2.78 bits per heavy atom. The summed E-state index contributed by atoms with van der Waals surface area (Å²) < 4.78 is 18.8. The summed E-state index contributed by atoms with van der Waals surface area (Å²) in [6.45, 7) is 5.16. The fraction of sp³-hybridized carbons (Fsp3) is 0.588. The number of halogens is 1. The molecule has 0 spiro atoms. The van der Waals surface area contributed by atoms with E-state index >= 15 is 0 Å². The predicted molar refractivity (Wildman–Crippen MR) is 85.5 cm³/mol. The van der Waals surface area contributed by atoms with Crippen LogP contribution in [0.5, 0.6) is 0 Å². The van der Waals surface area contributed by atoms with E-state index in [1.165, 1.54) is 12.1 Å². The Morgan fingerprint density at radius 1 is 1.43 bits per heavy atom. The molecule has 1 amide bonds. The van der Waals surface area contributed by atoms with Gasteiger partial charge in [0.25, 0.3) is 5.91 Å². The van der Waals surface area contributed by atoms with Crippen molar-refractivity contribution in [1.29, 1.82) is 0 Å². The van der Waals surface area contributed by atoms with Gasteiger partial charge in [-0.05, 0) is 30.9 Å². The van der Waals surface area contributed by atoms with Crippen LogP contribution in [0.15, 0.2) is 24.3 Å². The summed E-state index contributed by atoms with van der Waals surface area (Å²) in [5.74, 6) is -0.563. The Labute approximate surface area is 136 Å². The first-order chi connectivity index (χ1) is 11.0. The van der Waals surface area contributed by atoms with Crippen molar-refractivity contribution in [2.45, 2.75) is 45.1 Å². The van der Waals surface area contributed by atoms with Crippen molar-refractivity contribution >= 4 is 5.91 Å². The molecule has 6 heteroatoms. The molecule has 0 aliphatic carbocycles. The van der Waals surface area contributed by atoms with E-state index in [0.717, 1.165) is 12.8 Å². The minimum absolute atomic E-state index is 0.0468. The number of aliphatic hydroxyl groups is 1. The van der Waals surface area contributed by atoms with Gasteiger partial charge in [0, 0.05) is 12.6 Å². The Hall–Kier alpha value is -1.50. The van der Waals surface area contributed by atoms with Crippen LogP contribution in [0.3, 0.4) is 0 Å². The molecule has 1 fully saturated rings. The number of carbonyl (C=O) groups is 1. The van der Waals surface area contributed by atoms with Crippen LogP contribution in [0.1, 0.15) is 37.0 Å². The third-order valence-electron chi connectivity index (χ3n) is 3.90. The molecule has 0 radical (unpaired) electrons. The third-order valence-corrected chi connectivity index (χ3v) is 3.90. The van der Waals surface area contributed by atoms with Crippen molar-refractivity contribution in [3.8, 4) is 0 Å². The molecular formula is C17H25FN2O3. The first kappa shape index (κ1) is 17.8. The van der Waals surface area contributed by atoms with Crippen molar-refractivity contribution in [2.24, 2.45) is 5.92 Å². The monoisotopic (exact) mass is 324 g/mol. The number of rotatable bonds is 7. The number of amides is 1. The van der Waals surface area contributed by atoms with Gasteiger partial charge in [0.2, 0.25) is 0 Å². The molecule has 0 bridgehead atoms. The standard InChI is InChI=1S/C17H25FN2O3/c1-11(2)9-12(10-19-15-7-8-23-17(15)22)20-16(21)13-5-3-4-6-14(13)18/h3-6,11-12,15,17,19,22H,7-10H2,1-2H3,(H,20,21)/t12-,15+,17?/m1/s1. The predicted octanol–water partition coefficient (Wildman–Crippen LogP) is 1.67. The molecule has 0 aromatic heterocycles. The largest absolute Gasteiger partial charge is 0.367 e. The van der Waals surface area contributed by atoms with Crippen LogP contribution in [0.4, 0.5) is 4.39 Å². The van der Waals surface area contributed by atoms with Crippen LogP contribution in [0.2, 0.25) is 0 Å². The van der Waals surface area contributed by atoms with E-state index in [1.807, 2.05) is 0 Å². The number of carbonyl (C=O) groups excluding carboxylic acids is 1. The lowest BCUT2D eigenvalue weighted by Gasteiger charge is -2.24. The van der Waals surface area contributed by atoms with Gasteiger partial charge in [0.05, 0.1) is 18.2 Å². The van der Waals surface area contributed by atoms with Crippen LogP contribution in [-0.4, -0.2) is 42.5 Å². The van der Waals surface area contributed by atoms with Crippen LogP contribution in [-0.2, 0) is 4.74 Å². The first-order valence-corrected chi connectivity index (χ1v) is 8.05. The van der Waals surface area contributed by atoms with Crippen LogP contribution >= 0.6 is 0 Å². The van der Waals surface area contributed by atoms with Gasteiger partial charge >= 0.3 is 0 Å². The third kappa shape index (κ3) is 5.27. The van der Waals surface area contributed by atoms with Gasteiger partial charge in [-0.1, -0.05) is 26.0 Å². The topological polar surface area (TPSA) is 70.6 Å².